The van der Waals surface area contributed by atoms with Crippen molar-refractivity contribution >= 4 is 5.88 Å². The van der Waals surface area contributed by atoms with E-state index in [4.69, 9.17) is 10.3 Å². The number of rotatable bonds is 2. The van der Waals surface area contributed by atoms with E-state index in [0.717, 1.165) is 23.2 Å². The molecule has 0 aliphatic heterocycles. The second-order valence-corrected chi connectivity index (χ2v) is 5.63. The van der Waals surface area contributed by atoms with Gasteiger partial charge < -0.3 is 10.3 Å². The lowest BCUT2D eigenvalue weighted by Crippen LogP contribution is -2.18. The van der Waals surface area contributed by atoms with Crippen LogP contribution in [0.25, 0.3) is 11.1 Å². The second kappa shape index (κ2) is 4.48. The molecule has 3 nitrogen and oxygen atoms in total. The van der Waals surface area contributed by atoms with Gasteiger partial charge in [0.2, 0.25) is 5.88 Å². The summed E-state index contributed by atoms with van der Waals surface area (Å²) < 4.78 is 5.29. The third-order valence-corrected chi connectivity index (χ3v) is 4.24. The van der Waals surface area contributed by atoms with E-state index in [-0.39, 0.29) is 5.92 Å². The van der Waals surface area contributed by atoms with E-state index in [1.54, 1.807) is 0 Å². The number of aryl methyl sites for hydroxylation is 1. The quantitative estimate of drug-likeness (QED) is 0.771. The third kappa shape index (κ3) is 1.85. The maximum Gasteiger partial charge on any atom is 0.230 e. The van der Waals surface area contributed by atoms with Gasteiger partial charge in [0, 0.05) is 5.92 Å². The fourth-order valence-electron chi connectivity index (χ4n) is 3.15. The highest BCUT2D eigenvalue weighted by Gasteiger charge is 2.33. The summed E-state index contributed by atoms with van der Waals surface area (Å²) in [6.45, 7) is 2.07. The number of aromatic nitrogens is 1. The summed E-state index contributed by atoms with van der Waals surface area (Å²) in [5.41, 5.74) is 12.9. The Morgan fingerprint density at radius 2 is 2.00 bits per heavy atom. The average molecular weight is 276 g/mol. The lowest BCUT2D eigenvalue weighted by molar-refractivity contribution is 0.420. The van der Waals surface area contributed by atoms with Gasteiger partial charge in [-0.25, -0.2) is 0 Å². The van der Waals surface area contributed by atoms with Crippen LogP contribution in [-0.4, -0.2) is 5.16 Å². The van der Waals surface area contributed by atoms with Crippen molar-refractivity contribution in [3.63, 3.8) is 0 Å². The summed E-state index contributed by atoms with van der Waals surface area (Å²) in [7, 11) is 0. The predicted molar refractivity (Wildman–Crippen MR) is 83.1 cm³/mol. The van der Waals surface area contributed by atoms with Gasteiger partial charge in [-0.05, 0) is 30.0 Å². The molecule has 0 saturated heterocycles. The van der Waals surface area contributed by atoms with E-state index in [9.17, 15) is 0 Å². The lowest BCUT2D eigenvalue weighted by Gasteiger charge is -2.29. The van der Waals surface area contributed by atoms with Crippen molar-refractivity contribution < 1.29 is 4.52 Å². The molecule has 0 amide bonds. The van der Waals surface area contributed by atoms with Crippen molar-refractivity contribution in [2.24, 2.45) is 0 Å². The molecule has 0 saturated carbocycles. The molecule has 2 aromatic carbocycles. The van der Waals surface area contributed by atoms with Crippen molar-refractivity contribution in [2.75, 3.05) is 5.73 Å². The number of hydrogen-bond donors (Lipinski definition) is 1. The Morgan fingerprint density at radius 1 is 1.14 bits per heavy atom. The number of benzene rings is 2. The van der Waals surface area contributed by atoms with Gasteiger partial charge in [-0.2, -0.15) is 0 Å². The Hall–Kier alpha value is -2.55. The van der Waals surface area contributed by atoms with Gasteiger partial charge in [0.25, 0.3) is 0 Å². The molecular formula is C18H16N2O. The summed E-state index contributed by atoms with van der Waals surface area (Å²) >= 11 is 0. The first-order valence-electron chi connectivity index (χ1n) is 7.14. The highest BCUT2D eigenvalue weighted by molar-refractivity contribution is 5.77. The van der Waals surface area contributed by atoms with E-state index >= 15 is 0 Å². The zero-order valence-corrected chi connectivity index (χ0v) is 11.8. The summed E-state index contributed by atoms with van der Waals surface area (Å²) in [4.78, 5) is 0. The average Bonchev–Trinajstić information content (AvgIpc) is 2.82. The van der Waals surface area contributed by atoms with Crippen LogP contribution in [0.4, 0.5) is 5.88 Å². The minimum atomic E-state index is 0.290. The molecule has 0 spiro atoms. The molecule has 4 rings (SSSR count). The summed E-state index contributed by atoms with van der Waals surface area (Å²) in [6, 6.07) is 16.8. The van der Waals surface area contributed by atoms with Gasteiger partial charge in [-0.3, -0.25) is 0 Å². The minimum Gasteiger partial charge on any atom is -0.367 e. The third-order valence-electron chi connectivity index (χ3n) is 4.24. The van der Waals surface area contributed by atoms with Crippen molar-refractivity contribution in [3.8, 4) is 11.1 Å². The van der Waals surface area contributed by atoms with Crippen LogP contribution in [-0.2, 0) is 6.42 Å². The molecule has 1 heterocycles. The number of anilines is 1. The monoisotopic (exact) mass is 276 g/mol. The molecule has 21 heavy (non-hydrogen) atoms. The van der Waals surface area contributed by atoms with Crippen molar-refractivity contribution in [1.82, 2.24) is 5.16 Å². The van der Waals surface area contributed by atoms with Gasteiger partial charge in [0.05, 0.1) is 5.56 Å². The fraction of sp³-hybridized carbons (Fsp3) is 0.167. The molecule has 0 bridgehead atoms. The minimum absolute atomic E-state index is 0.290. The normalized spacial score (nSPS) is 16.3. The number of hydrogen-bond acceptors (Lipinski definition) is 3. The van der Waals surface area contributed by atoms with Crippen LogP contribution in [0.15, 0.2) is 53.1 Å². The molecule has 1 atom stereocenters. The molecule has 1 aliphatic rings. The molecule has 1 aliphatic carbocycles. The first-order valence-corrected chi connectivity index (χ1v) is 7.14. The molecule has 1 aromatic heterocycles. The van der Waals surface area contributed by atoms with Crippen LogP contribution in [0.5, 0.6) is 0 Å². The molecule has 2 N–H and O–H groups in total. The lowest BCUT2D eigenvalue weighted by atomic mass is 9.74. The fourth-order valence-corrected chi connectivity index (χ4v) is 3.15. The number of nitrogens with zero attached hydrogens (tertiary/aromatic N) is 1. The highest BCUT2D eigenvalue weighted by atomic mass is 16.5. The largest absolute Gasteiger partial charge is 0.367 e. The number of fused-ring (bicyclic) bond motifs is 1. The van der Waals surface area contributed by atoms with Crippen LogP contribution >= 0.6 is 0 Å². The Morgan fingerprint density at radius 3 is 2.81 bits per heavy atom. The van der Waals surface area contributed by atoms with Crippen molar-refractivity contribution in [2.45, 2.75) is 19.3 Å². The first kappa shape index (κ1) is 12.2. The zero-order valence-electron chi connectivity index (χ0n) is 11.8. The molecule has 104 valence electrons. The molecule has 3 aromatic rings. The van der Waals surface area contributed by atoms with Crippen LogP contribution in [0.3, 0.4) is 0 Å². The van der Waals surface area contributed by atoms with Crippen LogP contribution in [0, 0.1) is 6.92 Å². The highest BCUT2D eigenvalue weighted by Crippen LogP contribution is 2.44. The van der Waals surface area contributed by atoms with Gasteiger partial charge in [0.15, 0.2) is 0 Å². The Kier molecular flexibility index (Phi) is 2.61. The summed E-state index contributed by atoms with van der Waals surface area (Å²) in [5, 5.41) is 4.24. The number of nitrogens with two attached hydrogens (primary N) is 1. The molecular weight excluding hydrogens is 260 g/mol. The van der Waals surface area contributed by atoms with Crippen LogP contribution < -0.4 is 5.73 Å². The zero-order chi connectivity index (χ0) is 14.4. The summed E-state index contributed by atoms with van der Waals surface area (Å²) in [5.74, 6) is 0.692. The second-order valence-electron chi connectivity index (χ2n) is 5.63. The van der Waals surface area contributed by atoms with Crippen molar-refractivity contribution in [1.29, 1.82) is 0 Å². The SMILES string of the molecule is Cc1cccc(-c2c(C3Cc4ccccc43)noc2N)c1. The maximum absolute atomic E-state index is 6.03. The Labute approximate surface area is 123 Å². The van der Waals surface area contributed by atoms with Gasteiger partial charge in [-0.15, -0.1) is 0 Å². The predicted octanol–water partition coefficient (Wildman–Crippen LogP) is 3.92. The topological polar surface area (TPSA) is 52.0 Å². The number of nitrogen functional groups attached to an aromatic ring is 1. The van der Waals surface area contributed by atoms with E-state index in [1.165, 1.54) is 16.7 Å². The van der Waals surface area contributed by atoms with E-state index < -0.39 is 0 Å². The summed E-state index contributed by atoms with van der Waals surface area (Å²) in [6.07, 6.45) is 1.00. The van der Waals surface area contributed by atoms with E-state index in [0.29, 0.717) is 5.88 Å². The molecule has 1 unspecified atom stereocenters. The molecule has 0 radical (unpaired) electrons. The Bertz CT molecular complexity index is 820. The molecule has 3 heteroatoms. The van der Waals surface area contributed by atoms with Crippen LogP contribution in [0.1, 0.15) is 28.3 Å². The van der Waals surface area contributed by atoms with Crippen molar-refractivity contribution in [3.05, 3.63) is 70.9 Å². The van der Waals surface area contributed by atoms with Gasteiger partial charge in [0.1, 0.15) is 5.69 Å². The van der Waals surface area contributed by atoms with Gasteiger partial charge >= 0.3 is 0 Å². The maximum atomic E-state index is 6.03. The van der Waals surface area contributed by atoms with E-state index in [1.807, 2.05) is 6.07 Å². The van der Waals surface area contributed by atoms with Crippen LogP contribution in [0.2, 0.25) is 0 Å². The smallest absolute Gasteiger partial charge is 0.230 e. The first-order chi connectivity index (χ1) is 10.2. The standard InChI is InChI=1S/C18H16N2O/c1-11-5-4-7-13(9-11)16-17(20-21-18(16)19)15-10-12-6-2-3-8-14(12)15/h2-9,15H,10,19H2,1H3. The molecule has 0 fully saturated rings. The Balaban J connectivity index is 1.83. The van der Waals surface area contributed by atoms with E-state index in [2.05, 4.69) is 54.5 Å². The van der Waals surface area contributed by atoms with Gasteiger partial charge in [-0.1, -0.05) is 59.3 Å².